The van der Waals surface area contributed by atoms with E-state index in [0.717, 1.165) is 11.3 Å². The molecule has 0 aliphatic carbocycles. The number of methoxy groups -OCH3 is 1. The third-order valence-electron chi connectivity index (χ3n) is 3.46. The number of amides is 1. The summed E-state index contributed by atoms with van der Waals surface area (Å²) in [5, 5.41) is 0.419. The van der Waals surface area contributed by atoms with Gasteiger partial charge in [-0.1, -0.05) is 0 Å². The zero-order valence-corrected chi connectivity index (χ0v) is 13.5. The smallest absolute Gasteiger partial charge is 0.305 e. The summed E-state index contributed by atoms with van der Waals surface area (Å²) in [6, 6.07) is 0. The number of aromatic nitrogens is 2. The Balaban J connectivity index is 2.44. The number of primary amides is 1. The molecule has 2 rings (SSSR count). The van der Waals surface area contributed by atoms with Gasteiger partial charge in [0.15, 0.2) is 0 Å². The summed E-state index contributed by atoms with van der Waals surface area (Å²) in [4.78, 5) is 40.4. The second kappa shape index (κ2) is 6.27. The number of nitrogens with two attached hydrogens (primary N) is 1. The maximum absolute atomic E-state index is 12.6. The van der Waals surface area contributed by atoms with E-state index in [2.05, 4.69) is 9.72 Å². The first kappa shape index (κ1) is 16.2. The summed E-state index contributed by atoms with van der Waals surface area (Å²) in [5.74, 6) is -0.336. The van der Waals surface area contributed by atoms with Gasteiger partial charge in [0, 0.05) is 13.0 Å². The Hall–Kier alpha value is -2.22. The summed E-state index contributed by atoms with van der Waals surface area (Å²) in [6.07, 6.45) is 0.710. The molecule has 2 aromatic heterocycles. The summed E-state index contributed by atoms with van der Waals surface area (Å²) in [6.45, 7) is 3.78. The minimum Gasteiger partial charge on any atom is -0.469 e. The molecular weight excluding hydrogens is 306 g/mol. The molecule has 0 spiro atoms. The van der Waals surface area contributed by atoms with E-state index in [1.165, 1.54) is 11.7 Å². The van der Waals surface area contributed by atoms with E-state index < -0.39 is 5.91 Å². The molecule has 8 heteroatoms. The van der Waals surface area contributed by atoms with Crippen LogP contribution in [0.5, 0.6) is 0 Å². The van der Waals surface area contributed by atoms with Crippen molar-refractivity contribution >= 4 is 33.4 Å². The SMILES string of the molecule is COC(=O)CCCn1c(C)nc2sc(C(N)=O)c(C)c2c1=O. The predicted octanol–water partition coefficient (Wildman–Crippen LogP) is 1.13. The minimum atomic E-state index is -0.560. The second-order valence-electron chi connectivity index (χ2n) is 4.90. The fraction of sp³-hybridized carbons (Fsp3) is 0.429. The van der Waals surface area contributed by atoms with Gasteiger partial charge in [-0.25, -0.2) is 4.98 Å². The number of aryl methyl sites for hydroxylation is 2. The molecule has 22 heavy (non-hydrogen) atoms. The number of esters is 1. The lowest BCUT2D eigenvalue weighted by atomic mass is 10.2. The average molecular weight is 323 g/mol. The van der Waals surface area contributed by atoms with Gasteiger partial charge in [0.1, 0.15) is 10.7 Å². The van der Waals surface area contributed by atoms with Crippen LogP contribution >= 0.6 is 11.3 Å². The molecular formula is C14H17N3O4S. The van der Waals surface area contributed by atoms with Crippen LogP contribution in [0.15, 0.2) is 4.79 Å². The number of thiophene rings is 1. The Kier molecular flexibility index (Phi) is 4.60. The van der Waals surface area contributed by atoms with E-state index in [1.54, 1.807) is 13.8 Å². The van der Waals surface area contributed by atoms with Crippen LogP contribution in [-0.2, 0) is 16.1 Å². The molecule has 2 aromatic rings. The summed E-state index contributed by atoms with van der Waals surface area (Å²) < 4.78 is 6.09. The lowest BCUT2D eigenvalue weighted by molar-refractivity contribution is -0.140. The number of fused-ring (bicyclic) bond motifs is 1. The molecule has 1 amide bonds. The predicted molar refractivity (Wildman–Crippen MR) is 83.1 cm³/mol. The number of ether oxygens (including phenoxy) is 1. The largest absolute Gasteiger partial charge is 0.469 e. The molecule has 0 aliphatic rings. The lowest BCUT2D eigenvalue weighted by Gasteiger charge is -2.09. The Morgan fingerprint density at radius 3 is 2.64 bits per heavy atom. The molecule has 0 radical (unpaired) electrons. The van der Waals surface area contributed by atoms with Crippen molar-refractivity contribution in [2.75, 3.05) is 7.11 Å². The molecule has 0 saturated carbocycles. The van der Waals surface area contributed by atoms with Gasteiger partial charge in [0.05, 0.1) is 17.4 Å². The van der Waals surface area contributed by atoms with Crippen molar-refractivity contribution in [2.45, 2.75) is 33.2 Å². The topological polar surface area (TPSA) is 104 Å². The Bertz CT molecular complexity index is 807. The molecule has 0 unspecified atom stereocenters. The van der Waals surface area contributed by atoms with E-state index >= 15 is 0 Å². The fourth-order valence-corrected chi connectivity index (χ4v) is 3.37. The quantitative estimate of drug-likeness (QED) is 0.830. The molecule has 0 saturated heterocycles. The van der Waals surface area contributed by atoms with Gasteiger partial charge in [-0.3, -0.25) is 19.0 Å². The van der Waals surface area contributed by atoms with Crippen LogP contribution in [0.3, 0.4) is 0 Å². The van der Waals surface area contributed by atoms with Gasteiger partial charge < -0.3 is 10.5 Å². The van der Waals surface area contributed by atoms with Crippen molar-refractivity contribution in [3.63, 3.8) is 0 Å². The van der Waals surface area contributed by atoms with Gasteiger partial charge in [0.2, 0.25) is 0 Å². The van der Waals surface area contributed by atoms with E-state index in [0.29, 0.717) is 39.4 Å². The molecule has 0 fully saturated rings. The number of hydrogen-bond acceptors (Lipinski definition) is 6. The van der Waals surface area contributed by atoms with Gasteiger partial charge in [-0.15, -0.1) is 11.3 Å². The molecule has 0 aromatic carbocycles. The van der Waals surface area contributed by atoms with Crippen molar-refractivity contribution in [1.29, 1.82) is 0 Å². The maximum Gasteiger partial charge on any atom is 0.305 e. The minimum absolute atomic E-state index is 0.214. The van der Waals surface area contributed by atoms with E-state index in [9.17, 15) is 14.4 Å². The van der Waals surface area contributed by atoms with Crippen LogP contribution < -0.4 is 11.3 Å². The zero-order chi connectivity index (χ0) is 16.4. The van der Waals surface area contributed by atoms with Crippen LogP contribution in [0.4, 0.5) is 0 Å². The van der Waals surface area contributed by atoms with E-state index in [-0.39, 0.29) is 17.9 Å². The first-order valence-electron chi connectivity index (χ1n) is 6.74. The first-order valence-corrected chi connectivity index (χ1v) is 7.55. The molecule has 0 bridgehead atoms. The number of rotatable bonds is 5. The molecule has 2 N–H and O–H groups in total. The third-order valence-corrected chi connectivity index (χ3v) is 4.66. The highest BCUT2D eigenvalue weighted by molar-refractivity contribution is 7.20. The first-order chi connectivity index (χ1) is 10.4. The van der Waals surface area contributed by atoms with Crippen molar-refractivity contribution in [3.05, 3.63) is 26.6 Å². The Morgan fingerprint density at radius 2 is 2.05 bits per heavy atom. The van der Waals surface area contributed by atoms with Gasteiger partial charge >= 0.3 is 5.97 Å². The second-order valence-corrected chi connectivity index (χ2v) is 5.90. The van der Waals surface area contributed by atoms with E-state index in [4.69, 9.17) is 5.73 Å². The number of hydrogen-bond donors (Lipinski definition) is 1. The summed E-state index contributed by atoms with van der Waals surface area (Å²) >= 11 is 1.13. The van der Waals surface area contributed by atoms with Crippen LogP contribution in [-0.4, -0.2) is 28.5 Å². The molecule has 7 nitrogen and oxygen atoms in total. The highest BCUT2D eigenvalue weighted by Gasteiger charge is 2.19. The van der Waals surface area contributed by atoms with Gasteiger partial charge in [-0.2, -0.15) is 0 Å². The van der Waals surface area contributed by atoms with Crippen LogP contribution in [0.25, 0.3) is 10.2 Å². The maximum atomic E-state index is 12.6. The van der Waals surface area contributed by atoms with Crippen molar-refractivity contribution in [2.24, 2.45) is 5.73 Å². The van der Waals surface area contributed by atoms with Crippen molar-refractivity contribution < 1.29 is 14.3 Å². The lowest BCUT2D eigenvalue weighted by Crippen LogP contribution is -2.24. The van der Waals surface area contributed by atoms with Crippen LogP contribution in [0.1, 0.15) is 33.9 Å². The highest BCUT2D eigenvalue weighted by atomic mass is 32.1. The highest BCUT2D eigenvalue weighted by Crippen LogP contribution is 2.26. The van der Waals surface area contributed by atoms with Crippen molar-refractivity contribution in [3.8, 4) is 0 Å². The summed E-state index contributed by atoms with van der Waals surface area (Å²) in [5.41, 5.74) is 5.66. The van der Waals surface area contributed by atoms with Gasteiger partial charge in [0.25, 0.3) is 11.5 Å². The average Bonchev–Trinajstić information content (AvgIpc) is 2.79. The van der Waals surface area contributed by atoms with E-state index in [1.807, 2.05) is 0 Å². The standard InChI is InChI=1S/C14H17N3O4S/c1-7-10-13(22-11(7)12(15)19)16-8(2)17(14(10)20)6-4-5-9(18)21-3/h4-6H2,1-3H3,(H2,15,19). The normalized spacial score (nSPS) is 10.9. The molecule has 118 valence electrons. The Labute approximate surface area is 130 Å². The monoisotopic (exact) mass is 323 g/mol. The summed E-state index contributed by atoms with van der Waals surface area (Å²) in [7, 11) is 1.33. The third kappa shape index (κ3) is 2.87. The van der Waals surface area contributed by atoms with Gasteiger partial charge in [-0.05, 0) is 25.8 Å². The molecule has 0 atom stereocenters. The van der Waals surface area contributed by atoms with Crippen LogP contribution in [0, 0.1) is 13.8 Å². The number of carbonyl (C=O) groups is 2. The molecule has 2 heterocycles. The molecule has 0 aliphatic heterocycles. The Morgan fingerprint density at radius 1 is 1.36 bits per heavy atom. The van der Waals surface area contributed by atoms with Crippen molar-refractivity contribution in [1.82, 2.24) is 9.55 Å². The number of carbonyl (C=O) groups excluding carboxylic acids is 2. The zero-order valence-electron chi connectivity index (χ0n) is 12.6. The fourth-order valence-electron chi connectivity index (χ4n) is 2.30. The number of nitrogens with zero attached hydrogens (tertiary/aromatic N) is 2. The van der Waals surface area contributed by atoms with Crippen LogP contribution in [0.2, 0.25) is 0 Å².